The predicted molar refractivity (Wildman–Crippen MR) is 72.9 cm³/mol. The summed E-state index contributed by atoms with van der Waals surface area (Å²) in [6.45, 7) is 0. The molecule has 0 radical (unpaired) electrons. The second-order valence-electron chi connectivity index (χ2n) is 3.70. The molecule has 0 amide bonds. The third-order valence-electron chi connectivity index (χ3n) is 2.49. The molecule has 4 nitrogen and oxygen atoms in total. The molecule has 0 bridgehead atoms. The molecule has 18 heavy (non-hydrogen) atoms. The van der Waals surface area contributed by atoms with Crippen LogP contribution in [0.25, 0.3) is 21.6 Å². The zero-order valence-corrected chi connectivity index (χ0v) is 10.9. The maximum atomic E-state index is 5.69. The maximum absolute atomic E-state index is 5.69. The number of benzene rings is 1. The third-order valence-corrected chi connectivity index (χ3v) is 3.71. The van der Waals surface area contributed by atoms with E-state index in [0.717, 1.165) is 33.0 Å². The number of halogens is 1. The quantitative estimate of drug-likeness (QED) is 0.690. The summed E-state index contributed by atoms with van der Waals surface area (Å²) < 4.78 is 0. The summed E-state index contributed by atoms with van der Waals surface area (Å²) in [6, 6.07) is 5.91. The van der Waals surface area contributed by atoms with Crippen molar-refractivity contribution < 1.29 is 0 Å². The normalized spacial score (nSPS) is 10.9. The Morgan fingerprint density at radius 1 is 1.06 bits per heavy atom. The van der Waals surface area contributed by atoms with Gasteiger partial charge in [0, 0.05) is 30.3 Å². The first-order valence-electron chi connectivity index (χ1n) is 5.46. The van der Waals surface area contributed by atoms with Crippen LogP contribution in [0.5, 0.6) is 0 Å². The highest BCUT2D eigenvalue weighted by atomic mass is 35.5. The van der Waals surface area contributed by atoms with Crippen LogP contribution in [0.2, 0.25) is 0 Å². The molecule has 90 valence electrons. The van der Waals surface area contributed by atoms with Crippen molar-refractivity contribution in [2.75, 3.05) is 5.88 Å². The molecule has 1 aromatic carbocycles. The number of nitrogens with zero attached hydrogens (tertiary/aromatic N) is 4. The minimum atomic E-state index is 0.567. The van der Waals surface area contributed by atoms with Gasteiger partial charge in [-0.15, -0.1) is 21.8 Å². The summed E-state index contributed by atoms with van der Waals surface area (Å²) in [5, 5.41) is 10.1. The topological polar surface area (TPSA) is 51.6 Å². The summed E-state index contributed by atoms with van der Waals surface area (Å²) in [6.07, 6.45) is 4.13. The van der Waals surface area contributed by atoms with Gasteiger partial charge >= 0.3 is 0 Å². The Labute approximate surface area is 113 Å². The molecular weight excluding hydrogens is 268 g/mol. The minimum absolute atomic E-state index is 0.567. The van der Waals surface area contributed by atoms with E-state index in [0.29, 0.717) is 5.88 Å². The van der Waals surface area contributed by atoms with E-state index in [-0.39, 0.29) is 0 Å². The van der Waals surface area contributed by atoms with Crippen LogP contribution >= 0.6 is 22.9 Å². The highest BCUT2D eigenvalue weighted by Crippen LogP contribution is 2.25. The number of hydrogen-bond donors (Lipinski definition) is 0. The van der Waals surface area contributed by atoms with Gasteiger partial charge in [0.1, 0.15) is 10.0 Å². The molecule has 0 fully saturated rings. The fourth-order valence-corrected chi connectivity index (χ4v) is 2.77. The summed E-state index contributed by atoms with van der Waals surface area (Å²) in [4.78, 5) is 8.52. The second kappa shape index (κ2) is 4.96. The van der Waals surface area contributed by atoms with Crippen LogP contribution in [0.15, 0.2) is 30.6 Å². The average Bonchev–Trinajstić information content (AvgIpc) is 2.87. The van der Waals surface area contributed by atoms with Crippen molar-refractivity contribution in [3.8, 4) is 10.6 Å². The van der Waals surface area contributed by atoms with Crippen LogP contribution in [0.3, 0.4) is 0 Å². The lowest BCUT2D eigenvalue weighted by Crippen LogP contribution is -1.84. The van der Waals surface area contributed by atoms with Crippen molar-refractivity contribution in [2.24, 2.45) is 0 Å². The molecule has 2 aromatic heterocycles. The molecular formula is C12H9ClN4S. The molecule has 0 atom stereocenters. The molecule has 3 rings (SSSR count). The van der Waals surface area contributed by atoms with Crippen molar-refractivity contribution in [1.82, 2.24) is 20.2 Å². The molecule has 0 unspecified atom stereocenters. The van der Waals surface area contributed by atoms with Gasteiger partial charge < -0.3 is 0 Å². The van der Waals surface area contributed by atoms with Gasteiger partial charge in [-0.3, -0.25) is 9.97 Å². The molecule has 3 aromatic rings. The van der Waals surface area contributed by atoms with Gasteiger partial charge in [-0.2, -0.15) is 0 Å². The van der Waals surface area contributed by atoms with Crippen LogP contribution in [0, 0.1) is 0 Å². The number of aromatic nitrogens is 4. The van der Waals surface area contributed by atoms with Crippen LogP contribution in [-0.4, -0.2) is 26.0 Å². The molecule has 0 saturated carbocycles. The van der Waals surface area contributed by atoms with E-state index in [1.54, 1.807) is 23.7 Å². The van der Waals surface area contributed by atoms with E-state index in [9.17, 15) is 0 Å². The molecule has 0 saturated heterocycles. The summed E-state index contributed by atoms with van der Waals surface area (Å²) in [5.41, 5.74) is 2.76. The second-order valence-corrected chi connectivity index (χ2v) is 5.14. The number of hydrogen-bond acceptors (Lipinski definition) is 5. The number of fused-ring (bicyclic) bond motifs is 1. The fraction of sp³-hybridized carbons (Fsp3) is 0.167. The van der Waals surface area contributed by atoms with Crippen molar-refractivity contribution in [3.63, 3.8) is 0 Å². The zero-order chi connectivity index (χ0) is 12.4. The van der Waals surface area contributed by atoms with Crippen LogP contribution in [-0.2, 0) is 6.42 Å². The Balaban J connectivity index is 2.02. The van der Waals surface area contributed by atoms with Crippen molar-refractivity contribution in [3.05, 3.63) is 35.6 Å². The largest absolute Gasteiger partial charge is 0.253 e. The van der Waals surface area contributed by atoms with E-state index in [2.05, 4.69) is 20.2 Å². The Kier molecular flexibility index (Phi) is 3.17. The lowest BCUT2D eigenvalue weighted by molar-refractivity contribution is 0.990. The van der Waals surface area contributed by atoms with Gasteiger partial charge in [-0.1, -0.05) is 11.3 Å². The molecule has 0 N–H and O–H groups in total. The van der Waals surface area contributed by atoms with E-state index in [4.69, 9.17) is 11.6 Å². The predicted octanol–water partition coefficient (Wildman–Crippen LogP) is 2.93. The molecule has 0 aliphatic rings. The van der Waals surface area contributed by atoms with Gasteiger partial charge in [-0.05, 0) is 18.2 Å². The standard InChI is InChI=1S/C12H9ClN4S/c13-4-3-11-16-17-12(18-11)8-1-2-9-10(7-8)15-6-5-14-9/h1-2,5-7H,3-4H2. The molecule has 0 spiro atoms. The molecule has 0 aliphatic carbocycles. The highest BCUT2D eigenvalue weighted by molar-refractivity contribution is 7.14. The lowest BCUT2D eigenvalue weighted by atomic mass is 10.2. The number of aryl methyl sites for hydroxylation is 1. The summed E-state index contributed by atoms with van der Waals surface area (Å²) in [7, 11) is 0. The first-order chi connectivity index (χ1) is 8.86. The summed E-state index contributed by atoms with van der Waals surface area (Å²) >= 11 is 7.25. The van der Waals surface area contributed by atoms with Gasteiger partial charge in [0.25, 0.3) is 0 Å². The monoisotopic (exact) mass is 276 g/mol. The first kappa shape index (κ1) is 11.5. The van der Waals surface area contributed by atoms with Crippen molar-refractivity contribution in [1.29, 1.82) is 0 Å². The van der Waals surface area contributed by atoms with Gasteiger partial charge in [0.15, 0.2) is 0 Å². The van der Waals surface area contributed by atoms with Crippen molar-refractivity contribution in [2.45, 2.75) is 6.42 Å². The van der Waals surface area contributed by atoms with Crippen LogP contribution in [0.1, 0.15) is 5.01 Å². The van der Waals surface area contributed by atoms with E-state index in [1.807, 2.05) is 18.2 Å². The van der Waals surface area contributed by atoms with E-state index < -0.39 is 0 Å². The summed E-state index contributed by atoms with van der Waals surface area (Å²) in [5.74, 6) is 0.567. The maximum Gasteiger partial charge on any atom is 0.147 e. The molecule has 0 aliphatic heterocycles. The van der Waals surface area contributed by atoms with Gasteiger partial charge in [0.2, 0.25) is 0 Å². The fourth-order valence-electron chi connectivity index (χ4n) is 1.65. The van der Waals surface area contributed by atoms with Gasteiger partial charge in [0.05, 0.1) is 11.0 Å². The Hall–Kier alpha value is -1.59. The van der Waals surface area contributed by atoms with Crippen LogP contribution in [0.4, 0.5) is 0 Å². The Morgan fingerprint density at radius 3 is 2.72 bits per heavy atom. The first-order valence-corrected chi connectivity index (χ1v) is 6.81. The zero-order valence-electron chi connectivity index (χ0n) is 9.38. The smallest absolute Gasteiger partial charge is 0.147 e. The van der Waals surface area contributed by atoms with E-state index in [1.165, 1.54) is 0 Å². The Morgan fingerprint density at radius 2 is 1.89 bits per heavy atom. The molecule has 6 heteroatoms. The van der Waals surface area contributed by atoms with E-state index >= 15 is 0 Å². The van der Waals surface area contributed by atoms with Crippen LogP contribution < -0.4 is 0 Å². The number of alkyl halides is 1. The Bertz CT molecular complexity index is 682. The third kappa shape index (κ3) is 2.19. The highest BCUT2D eigenvalue weighted by Gasteiger charge is 2.07. The van der Waals surface area contributed by atoms with Gasteiger partial charge in [-0.25, -0.2) is 0 Å². The minimum Gasteiger partial charge on any atom is -0.253 e. The SMILES string of the molecule is ClCCc1nnc(-c2ccc3nccnc3c2)s1. The lowest BCUT2D eigenvalue weighted by Gasteiger charge is -1.98. The number of rotatable bonds is 3. The average molecular weight is 277 g/mol. The van der Waals surface area contributed by atoms with Crippen molar-refractivity contribution >= 4 is 34.0 Å². The molecule has 2 heterocycles.